The first-order valence-corrected chi connectivity index (χ1v) is 5.56. The summed E-state index contributed by atoms with van der Waals surface area (Å²) in [5.74, 6) is 0.607. The summed E-state index contributed by atoms with van der Waals surface area (Å²) < 4.78 is 44.3. The Morgan fingerprint density at radius 1 is 1.11 bits per heavy atom. The van der Waals surface area contributed by atoms with Crippen LogP contribution in [-0.2, 0) is 0 Å². The molecular weight excluding hydrogens is 243 g/mol. The molecule has 0 aliphatic rings. The van der Waals surface area contributed by atoms with Crippen molar-refractivity contribution >= 4 is 0 Å². The van der Waals surface area contributed by atoms with Crippen LogP contribution in [0.5, 0.6) is 5.75 Å². The van der Waals surface area contributed by atoms with Gasteiger partial charge >= 0.3 is 6.18 Å². The van der Waals surface area contributed by atoms with Gasteiger partial charge in [-0.3, -0.25) is 4.90 Å². The van der Waals surface area contributed by atoms with Gasteiger partial charge in [0.05, 0.1) is 7.11 Å². The van der Waals surface area contributed by atoms with Gasteiger partial charge in [-0.2, -0.15) is 13.2 Å². The predicted octanol–water partition coefficient (Wildman–Crippen LogP) is 3.48. The Hall–Kier alpha value is -1.23. The number of alkyl halides is 3. The van der Waals surface area contributed by atoms with E-state index in [-0.39, 0.29) is 5.56 Å². The minimum Gasteiger partial charge on any atom is -0.496 e. The first kappa shape index (κ1) is 14.8. The van der Waals surface area contributed by atoms with Gasteiger partial charge in [0.15, 0.2) is 0 Å². The molecule has 18 heavy (non-hydrogen) atoms. The van der Waals surface area contributed by atoms with Gasteiger partial charge in [-0.15, -0.1) is 0 Å². The molecule has 2 nitrogen and oxygen atoms in total. The van der Waals surface area contributed by atoms with Crippen LogP contribution in [0.2, 0.25) is 0 Å². The van der Waals surface area contributed by atoms with Gasteiger partial charge in [0.25, 0.3) is 0 Å². The molecule has 1 atom stereocenters. The summed E-state index contributed by atoms with van der Waals surface area (Å²) >= 11 is 0. The molecule has 0 fully saturated rings. The highest BCUT2D eigenvalue weighted by Crippen LogP contribution is 2.39. The van der Waals surface area contributed by atoms with E-state index < -0.39 is 12.2 Å². The van der Waals surface area contributed by atoms with Crippen molar-refractivity contribution in [3.8, 4) is 5.75 Å². The van der Waals surface area contributed by atoms with Crippen LogP contribution >= 0.6 is 0 Å². The first-order valence-electron chi connectivity index (χ1n) is 5.56. The molecule has 0 saturated carbocycles. The van der Waals surface area contributed by atoms with E-state index in [1.807, 2.05) is 0 Å². The monoisotopic (exact) mass is 261 g/mol. The molecule has 0 saturated heterocycles. The molecule has 0 aliphatic heterocycles. The zero-order chi connectivity index (χ0) is 14.1. The third-order valence-electron chi connectivity index (χ3n) is 2.90. The minimum absolute atomic E-state index is 0.269. The minimum atomic E-state index is -4.30. The van der Waals surface area contributed by atoms with Crippen molar-refractivity contribution in [2.75, 3.05) is 21.2 Å². The van der Waals surface area contributed by atoms with Gasteiger partial charge in [0, 0.05) is 0 Å². The SMILES string of the molecule is COc1cc(C)c(C(N(C)C)C(F)(F)F)cc1C. The fourth-order valence-corrected chi connectivity index (χ4v) is 2.07. The van der Waals surface area contributed by atoms with Crippen LogP contribution in [0.25, 0.3) is 0 Å². The Balaban J connectivity index is 3.34. The summed E-state index contributed by atoms with van der Waals surface area (Å²) in [7, 11) is 4.36. The number of nitrogens with zero attached hydrogens (tertiary/aromatic N) is 1. The lowest BCUT2D eigenvalue weighted by Gasteiger charge is -2.29. The Morgan fingerprint density at radius 2 is 1.67 bits per heavy atom. The number of rotatable bonds is 3. The topological polar surface area (TPSA) is 12.5 Å². The number of hydrogen-bond donors (Lipinski definition) is 0. The van der Waals surface area contributed by atoms with Crippen molar-refractivity contribution in [3.63, 3.8) is 0 Å². The van der Waals surface area contributed by atoms with E-state index in [2.05, 4.69) is 0 Å². The van der Waals surface area contributed by atoms with E-state index in [0.717, 1.165) is 0 Å². The average molecular weight is 261 g/mol. The Labute approximate surface area is 105 Å². The van der Waals surface area contributed by atoms with Gasteiger partial charge in [0.1, 0.15) is 11.8 Å². The van der Waals surface area contributed by atoms with E-state index in [1.165, 1.54) is 26.1 Å². The smallest absolute Gasteiger partial charge is 0.408 e. The van der Waals surface area contributed by atoms with Crippen LogP contribution < -0.4 is 4.74 Å². The highest BCUT2D eigenvalue weighted by Gasteiger charge is 2.43. The molecule has 0 radical (unpaired) electrons. The second kappa shape index (κ2) is 5.18. The number of methoxy groups -OCH3 is 1. The largest absolute Gasteiger partial charge is 0.496 e. The van der Waals surface area contributed by atoms with Gasteiger partial charge < -0.3 is 4.74 Å². The van der Waals surface area contributed by atoms with Gasteiger partial charge in [0.2, 0.25) is 0 Å². The van der Waals surface area contributed by atoms with Gasteiger partial charge in [-0.05, 0) is 50.7 Å². The normalized spacial score (nSPS) is 13.8. The van der Waals surface area contributed by atoms with Crippen LogP contribution in [0.15, 0.2) is 12.1 Å². The summed E-state index contributed by atoms with van der Waals surface area (Å²) in [5.41, 5.74) is 1.55. The third kappa shape index (κ3) is 2.96. The van der Waals surface area contributed by atoms with Crippen molar-refractivity contribution in [2.45, 2.75) is 26.1 Å². The quantitative estimate of drug-likeness (QED) is 0.826. The third-order valence-corrected chi connectivity index (χ3v) is 2.90. The Morgan fingerprint density at radius 3 is 2.06 bits per heavy atom. The second-order valence-corrected chi connectivity index (χ2v) is 4.59. The Kier molecular flexibility index (Phi) is 4.27. The number of ether oxygens (including phenoxy) is 1. The predicted molar refractivity (Wildman–Crippen MR) is 65.0 cm³/mol. The first-order chi connectivity index (χ1) is 8.18. The van der Waals surface area contributed by atoms with Crippen molar-refractivity contribution in [1.29, 1.82) is 0 Å². The molecule has 0 bridgehead atoms. The fraction of sp³-hybridized carbons (Fsp3) is 0.538. The van der Waals surface area contributed by atoms with E-state index >= 15 is 0 Å². The van der Waals surface area contributed by atoms with Crippen molar-refractivity contribution in [2.24, 2.45) is 0 Å². The number of hydrogen-bond acceptors (Lipinski definition) is 2. The van der Waals surface area contributed by atoms with Crippen LogP contribution in [0.1, 0.15) is 22.7 Å². The molecule has 0 amide bonds. The van der Waals surface area contributed by atoms with Crippen molar-refractivity contribution in [3.05, 3.63) is 28.8 Å². The lowest BCUT2D eigenvalue weighted by atomic mass is 9.97. The zero-order valence-corrected chi connectivity index (χ0v) is 11.2. The van der Waals surface area contributed by atoms with Crippen molar-refractivity contribution in [1.82, 2.24) is 4.90 Å². The molecule has 0 spiro atoms. The van der Waals surface area contributed by atoms with Crippen LogP contribution in [0.3, 0.4) is 0 Å². The van der Waals surface area contributed by atoms with Crippen LogP contribution in [0, 0.1) is 13.8 Å². The van der Waals surface area contributed by atoms with E-state index in [1.54, 1.807) is 26.0 Å². The molecule has 1 aromatic carbocycles. The molecule has 0 aliphatic carbocycles. The fourth-order valence-electron chi connectivity index (χ4n) is 2.07. The lowest BCUT2D eigenvalue weighted by Crippen LogP contribution is -2.33. The van der Waals surface area contributed by atoms with E-state index in [0.29, 0.717) is 16.9 Å². The molecule has 0 aromatic heterocycles. The van der Waals surface area contributed by atoms with E-state index in [4.69, 9.17) is 4.74 Å². The Bertz CT molecular complexity index is 427. The molecular formula is C13H18F3NO. The maximum absolute atomic E-state index is 13.1. The molecule has 0 N–H and O–H groups in total. The molecule has 1 aromatic rings. The molecule has 1 unspecified atom stereocenters. The summed E-state index contributed by atoms with van der Waals surface area (Å²) in [6, 6.07) is 1.60. The van der Waals surface area contributed by atoms with E-state index in [9.17, 15) is 13.2 Å². The second-order valence-electron chi connectivity index (χ2n) is 4.59. The maximum Gasteiger partial charge on any atom is 0.408 e. The zero-order valence-electron chi connectivity index (χ0n) is 11.2. The lowest BCUT2D eigenvalue weighted by molar-refractivity contribution is -0.179. The summed E-state index contributed by atoms with van der Waals surface area (Å²) in [6.07, 6.45) is -4.30. The standard InChI is InChI=1S/C13H18F3NO/c1-8-7-11(18-5)9(2)6-10(8)12(17(3)4)13(14,15)16/h6-7,12H,1-5H3. The summed E-state index contributed by atoms with van der Waals surface area (Å²) in [5, 5.41) is 0. The highest BCUT2D eigenvalue weighted by molar-refractivity contribution is 5.43. The molecule has 1 rings (SSSR count). The van der Waals surface area contributed by atoms with Gasteiger partial charge in [-0.25, -0.2) is 0 Å². The molecule has 5 heteroatoms. The highest BCUT2D eigenvalue weighted by atomic mass is 19.4. The summed E-state index contributed by atoms with van der Waals surface area (Å²) in [6.45, 7) is 3.41. The maximum atomic E-state index is 13.1. The molecule has 0 heterocycles. The number of aryl methyl sites for hydroxylation is 2. The number of halogens is 3. The average Bonchev–Trinajstić information content (AvgIpc) is 2.20. The summed E-state index contributed by atoms with van der Waals surface area (Å²) in [4.78, 5) is 1.17. The van der Waals surface area contributed by atoms with Crippen LogP contribution in [-0.4, -0.2) is 32.3 Å². The van der Waals surface area contributed by atoms with Crippen molar-refractivity contribution < 1.29 is 17.9 Å². The number of benzene rings is 1. The van der Waals surface area contributed by atoms with Gasteiger partial charge in [-0.1, -0.05) is 6.07 Å². The van der Waals surface area contributed by atoms with Crippen LogP contribution in [0.4, 0.5) is 13.2 Å². The molecule has 102 valence electrons.